The van der Waals surface area contributed by atoms with Crippen molar-refractivity contribution in [3.8, 4) is 17.1 Å². The van der Waals surface area contributed by atoms with Crippen LogP contribution in [0.1, 0.15) is 11.1 Å². The molecule has 5 rings (SSSR count). The number of hydrogen-bond donors (Lipinski definition) is 0. The summed E-state index contributed by atoms with van der Waals surface area (Å²) in [6.07, 6.45) is 1.55. The fourth-order valence-electron chi connectivity index (χ4n) is 3.76. The van der Waals surface area contributed by atoms with E-state index in [0.29, 0.717) is 33.6 Å². The Morgan fingerprint density at radius 1 is 0.917 bits per heavy atom. The molecule has 0 bridgehead atoms. The number of nitro benzene ring substituents is 1. The number of rotatable bonds is 7. The van der Waals surface area contributed by atoms with Crippen molar-refractivity contribution >= 4 is 22.8 Å². The summed E-state index contributed by atoms with van der Waals surface area (Å²) in [6, 6.07) is 30.1. The molecule has 1 heterocycles. The molecule has 4 aromatic carbocycles. The second-order valence-corrected chi connectivity index (χ2v) is 7.93. The van der Waals surface area contributed by atoms with Crippen molar-refractivity contribution in [3.05, 3.63) is 135 Å². The molecule has 1 aromatic heterocycles. The van der Waals surface area contributed by atoms with Gasteiger partial charge in [-0.15, -0.1) is 0 Å². The van der Waals surface area contributed by atoms with Gasteiger partial charge < -0.3 is 4.74 Å². The van der Waals surface area contributed by atoms with Crippen molar-refractivity contribution in [3.63, 3.8) is 0 Å². The zero-order chi connectivity index (χ0) is 24.9. The predicted octanol–water partition coefficient (Wildman–Crippen LogP) is 5.43. The van der Waals surface area contributed by atoms with E-state index in [2.05, 4.69) is 5.10 Å². The maximum atomic E-state index is 13.3. The first-order valence-corrected chi connectivity index (χ1v) is 11.2. The van der Waals surface area contributed by atoms with Gasteiger partial charge in [0.2, 0.25) is 0 Å². The van der Waals surface area contributed by atoms with Gasteiger partial charge in [0.1, 0.15) is 12.4 Å². The van der Waals surface area contributed by atoms with Crippen LogP contribution in [0.25, 0.3) is 22.3 Å². The SMILES string of the molecule is O=c1c2ccccc2nc(-c2ccccc2)n1N=Cc1ccccc1OCc1cccc([N+](=O)[O-])c1. The molecule has 0 N–H and O–H groups in total. The number of nitro groups is 1. The summed E-state index contributed by atoms with van der Waals surface area (Å²) in [5, 5.41) is 16.0. The topological polar surface area (TPSA) is 99.6 Å². The van der Waals surface area contributed by atoms with E-state index < -0.39 is 4.92 Å². The average molecular weight is 476 g/mol. The monoisotopic (exact) mass is 476 g/mol. The maximum absolute atomic E-state index is 13.3. The summed E-state index contributed by atoms with van der Waals surface area (Å²) >= 11 is 0. The van der Waals surface area contributed by atoms with Gasteiger partial charge in [-0.3, -0.25) is 14.9 Å². The highest BCUT2D eigenvalue weighted by molar-refractivity contribution is 5.84. The summed E-state index contributed by atoms with van der Waals surface area (Å²) in [4.78, 5) is 28.7. The molecule has 36 heavy (non-hydrogen) atoms. The molecule has 0 saturated carbocycles. The van der Waals surface area contributed by atoms with Crippen LogP contribution in [0.15, 0.2) is 113 Å². The first-order chi connectivity index (χ1) is 17.6. The lowest BCUT2D eigenvalue weighted by Crippen LogP contribution is -2.20. The minimum Gasteiger partial charge on any atom is -0.488 e. The third kappa shape index (κ3) is 4.74. The van der Waals surface area contributed by atoms with Crippen LogP contribution < -0.4 is 10.3 Å². The molecule has 0 amide bonds. The number of para-hydroxylation sites is 2. The number of hydrogen-bond acceptors (Lipinski definition) is 6. The van der Waals surface area contributed by atoms with E-state index in [-0.39, 0.29) is 17.9 Å². The Kier molecular flexibility index (Phi) is 6.31. The Hall–Kier alpha value is -5.11. The van der Waals surface area contributed by atoms with E-state index in [1.54, 1.807) is 42.6 Å². The van der Waals surface area contributed by atoms with Crippen molar-refractivity contribution < 1.29 is 9.66 Å². The van der Waals surface area contributed by atoms with Crippen molar-refractivity contribution in [2.45, 2.75) is 6.61 Å². The molecule has 8 nitrogen and oxygen atoms in total. The molecule has 0 unspecified atom stereocenters. The van der Waals surface area contributed by atoms with E-state index in [4.69, 9.17) is 9.72 Å². The van der Waals surface area contributed by atoms with Crippen molar-refractivity contribution in [2.24, 2.45) is 5.10 Å². The van der Waals surface area contributed by atoms with E-state index in [0.717, 1.165) is 5.56 Å². The van der Waals surface area contributed by atoms with E-state index in [9.17, 15) is 14.9 Å². The summed E-state index contributed by atoms with van der Waals surface area (Å²) < 4.78 is 7.23. The molecular formula is C28H20N4O4. The number of benzene rings is 4. The second kappa shape index (κ2) is 10.0. The molecule has 0 spiro atoms. The van der Waals surface area contributed by atoms with Gasteiger partial charge in [-0.2, -0.15) is 9.78 Å². The van der Waals surface area contributed by atoms with Crippen molar-refractivity contribution in [1.82, 2.24) is 9.66 Å². The Balaban J connectivity index is 1.51. The molecule has 8 heteroatoms. The van der Waals surface area contributed by atoms with Crippen LogP contribution in [0, 0.1) is 10.1 Å². The third-order valence-electron chi connectivity index (χ3n) is 5.53. The lowest BCUT2D eigenvalue weighted by atomic mass is 10.2. The van der Waals surface area contributed by atoms with Crippen LogP contribution in [0.2, 0.25) is 0 Å². The minimum atomic E-state index is -0.441. The number of ether oxygens (including phenoxy) is 1. The van der Waals surface area contributed by atoms with Crippen LogP contribution in [0.3, 0.4) is 0 Å². The van der Waals surface area contributed by atoms with E-state index in [1.165, 1.54) is 16.8 Å². The first-order valence-electron chi connectivity index (χ1n) is 11.2. The smallest absolute Gasteiger partial charge is 0.282 e. The molecule has 0 radical (unpaired) electrons. The number of non-ortho nitro benzene ring substituents is 1. The highest BCUT2D eigenvalue weighted by atomic mass is 16.6. The van der Waals surface area contributed by atoms with Crippen LogP contribution in [-0.2, 0) is 6.61 Å². The second-order valence-electron chi connectivity index (χ2n) is 7.93. The largest absolute Gasteiger partial charge is 0.488 e. The fourth-order valence-corrected chi connectivity index (χ4v) is 3.76. The standard InChI is InChI=1S/C28H20N4O4/c33-28-24-14-5-6-15-25(24)30-27(21-10-2-1-3-11-21)31(28)29-18-22-12-4-7-16-26(22)36-19-20-9-8-13-23(17-20)32(34)35/h1-18H,19H2. The molecular weight excluding hydrogens is 456 g/mol. The zero-order valence-electron chi connectivity index (χ0n) is 19.0. The quantitative estimate of drug-likeness (QED) is 0.177. The minimum absolute atomic E-state index is 0.00238. The lowest BCUT2D eigenvalue weighted by Gasteiger charge is -2.11. The number of fused-ring (bicyclic) bond motifs is 1. The Morgan fingerprint density at radius 2 is 1.67 bits per heavy atom. The highest BCUT2D eigenvalue weighted by Gasteiger charge is 2.12. The highest BCUT2D eigenvalue weighted by Crippen LogP contribution is 2.21. The maximum Gasteiger partial charge on any atom is 0.282 e. The van der Waals surface area contributed by atoms with Gasteiger partial charge in [0.25, 0.3) is 11.2 Å². The number of nitrogens with zero attached hydrogens (tertiary/aromatic N) is 4. The Labute approximate surface area is 205 Å². The van der Waals surface area contributed by atoms with Gasteiger partial charge in [0.05, 0.1) is 22.0 Å². The van der Waals surface area contributed by atoms with Gasteiger partial charge in [0, 0.05) is 23.3 Å². The summed E-state index contributed by atoms with van der Waals surface area (Å²) in [7, 11) is 0. The fraction of sp³-hybridized carbons (Fsp3) is 0.0357. The Bertz CT molecular complexity index is 1650. The van der Waals surface area contributed by atoms with Gasteiger partial charge in [-0.25, -0.2) is 4.98 Å². The Morgan fingerprint density at radius 3 is 2.50 bits per heavy atom. The van der Waals surface area contributed by atoms with Crippen LogP contribution in [0.4, 0.5) is 5.69 Å². The van der Waals surface area contributed by atoms with Crippen molar-refractivity contribution in [1.29, 1.82) is 0 Å². The van der Waals surface area contributed by atoms with Crippen LogP contribution in [-0.4, -0.2) is 20.8 Å². The lowest BCUT2D eigenvalue weighted by molar-refractivity contribution is -0.384. The van der Waals surface area contributed by atoms with E-state index in [1.807, 2.05) is 54.6 Å². The average Bonchev–Trinajstić information content (AvgIpc) is 2.92. The van der Waals surface area contributed by atoms with Crippen LogP contribution in [0.5, 0.6) is 5.75 Å². The molecule has 0 aliphatic carbocycles. The third-order valence-corrected chi connectivity index (χ3v) is 5.53. The van der Waals surface area contributed by atoms with E-state index >= 15 is 0 Å². The zero-order valence-corrected chi connectivity index (χ0v) is 19.0. The van der Waals surface area contributed by atoms with Gasteiger partial charge in [-0.05, 0) is 29.8 Å². The number of aromatic nitrogens is 2. The molecule has 0 aliphatic heterocycles. The molecule has 0 fully saturated rings. The first kappa shape index (κ1) is 22.7. The molecule has 5 aromatic rings. The van der Waals surface area contributed by atoms with Crippen LogP contribution >= 0.6 is 0 Å². The predicted molar refractivity (Wildman–Crippen MR) is 138 cm³/mol. The molecule has 176 valence electrons. The molecule has 0 atom stereocenters. The van der Waals surface area contributed by atoms with Gasteiger partial charge >= 0.3 is 0 Å². The normalized spacial score (nSPS) is 11.1. The molecule has 0 saturated heterocycles. The van der Waals surface area contributed by atoms with Gasteiger partial charge in [0.15, 0.2) is 5.82 Å². The summed E-state index contributed by atoms with van der Waals surface area (Å²) in [5.74, 6) is 0.946. The summed E-state index contributed by atoms with van der Waals surface area (Å²) in [6.45, 7) is 0.138. The van der Waals surface area contributed by atoms with Crippen molar-refractivity contribution in [2.75, 3.05) is 0 Å². The van der Waals surface area contributed by atoms with Gasteiger partial charge in [-0.1, -0.05) is 66.7 Å². The summed E-state index contributed by atoms with van der Waals surface area (Å²) in [5.41, 5.74) is 2.37. The molecule has 0 aliphatic rings.